The Kier molecular flexibility index (Phi) is 6.55. The Morgan fingerprint density at radius 1 is 0.967 bits per heavy atom. The minimum absolute atomic E-state index is 0.0473. The number of hydrogen-bond donors (Lipinski definition) is 1. The Balaban J connectivity index is 1.61. The number of hydrogen-bond acceptors (Lipinski definition) is 2. The van der Waals surface area contributed by atoms with Crippen molar-refractivity contribution in [2.24, 2.45) is 0 Å². The van der Waals surface area contributed by atoms with Gasteiger partial charge in [-0.25, -0.2) is 0 Å². The van der Waals surface area contributed by atoms with Gasteiger partial charge in [-0.15, -0.1) is 11.8 Å². The fourth-order valence-electron chi connectivity index (χ4n) is 3.52. The Morgan fingerprint density at radius 3 is 2.43 bits per heavy atom. The molecule has 4 heteroatoms. The zero-order valence-electron chi connectivity index (χ0n) is 17.2. The average molecular weight is 415 g/mol. The van der Waals surface area contributed by atoms with Crippen LogP contribution in [-0.2, 0) is 5.75 Å². The van der Waals surface area contributed by atoms with Gasteiger partial charge in [0.1, 0.15) is 0 Å². The van der Waals surface area contributed by atoms with Gasteiger partial charge in [-0.1, -0.05) is 61.9 Å². The van der Waals surface area contributed by atoms with Crippen LogP contribution in [0.1, 0.15) is 35.7 Å². The number of carbonyl (C=O) groups excluding carboxylic acids is 1. The number of benzene rings is 3. The number of anilines is 1. The lowest BCUT2D eigenvalue weighted by Crippen LogP contribution is -2.31. The van der Waals surface area contributed by atoms with E-state index in [0.29, 0.717) is 6.54 Å². The van der Waals surface area contributed by atoms with E-state index in [-0.39, 0.29) is 5.91 Å². The van der Waals surface area contributed by atoms with E-state index in [9.17, 15) is 4.79 Å². The van der Waals surface area contributed by atoms with Gasteiger partial charge in [0.25, 0.3) is 5.91 Å². The van der Waals surface area contributed by atoms with Gasteiger partial charge in [-0.2, -0.15) is 0 Å². The number of thioether (sulfide) groups is 1. The van der Waals surface area contributed by atoms with E-state index < -0.39 is 0 Å². The molecule has 0 aliphatic heterocycles. The van der Waals surface area contributed by atoms with Crippen LogP contribution in [0.25, 0.3) is 10.9 Å². The molecule has 0 aliphatic carbocycles. The first-order valence-corrected chi connectivity index (χ1v) is 11.4. The summed E-state index contributed by atoms with van der Waals surface area (Å²) in [7, 11) is 0. The van der Waals surface area contributed by atoms with Crippen molar-refractivity contribution < 1.29 is 4.79 Å². The molecule has 0 saturated carbocycles. The summed E-state index contributed by atoms with van der Waals surface area (Å²) in [5, 5.41) is 0.982. The summed E-state index contributed by atoms with van der Waals surface area (Å²) >= 11 is 1.79. The van der Waals surface area contributed by atoms with Crippen molar-refractivity contribution >= 4 is 34.3 Å². The number of aromatic amines is 1. The lowest BCUT2D eigenvalue weighted by Gasteiger charge is -2.22. The molecular weight excluding hydrogens is 388 g/mol. The predicted octanol–water partition coefficient (Wildman–Crippen LogP) is 6.91. The van der Waals surface area contributed by atoms with Crippen LogP contribution in [0.2, 0.25) is 0 Å². The van der Waals surface area contributed by atoms with Crippen LogP contribution in [0, 0.1) is 0 Å². The number of nitrogens with one attached hydrogen (secondary N) is 1. The van der Waals surface area contributed by atoms with Crippen molar-refractivity contribution in [1.82, 2.24) is 4.98 Å². The third kappa shape index (κ3) is 4.60. The normalized spacial score (nSPS) is 11.0. The molecule has 1 aromatic heterocycles. The molecule has 0 unspecified atom stereocenters. The largest absolute Gasteiger partial charge is 0.360 e. The van der Waals surface area contributed by atoms with Gasteiger partial charge in [0, 0.05) is 40.0 Å². The first kappa shape index (κ1) is 20.3. The first-order valence-electron chi connectivity index (χ1n) is 10.4. The number of aromatic nitrogens is 1. The van der Waals surface area contributed by atoms with Crippen molar-refractivity contribution in [2.45, 2.75) is 30.4 Å². The van der Waals surface area contributed by atoms with Gasteiger partial charge in [0.05, 0.1) is 5.56 Å². The summed E-state index contributed by atoms with van der Waals surface area (Å²) < 4.78 is 0. The van der Waals surface area contributed by atoms with Gasteiger partial charge in [0.15, 0.2) is 0 Å². The van der Waals surface area contributed by atoms with Crippen LogP contribution in [0.5, 0.6) is 0 Å². The van der Waals surface area contributed by atoms with Crippen LogP contribution >= 0.6 is 11.8 Å². The fraction of sp³-hybridized carbons (Fsp3) is 0.192. The summed E-state index contributed by atoms with van der Waals surface area (Å²) in [5.41, 5.74) is 3.96. The summed E-state index contributed by atoms with van der Waals surface area (Å²) in [6.45, 7) is 2.87. The highest BCUT2D eigenvalue weighted by Crippen LogP contribution is 2.29. The first-order chi connectivity index (χ1) is 14.8. The van der Waals surface area contributed by atoms with E-state index in [0.717, 1.165) is 40.7 Å². The number of fused-ring (bicyclic) bond motifs is 1. The van der Waals surface area contributed by atoms with E-state index in [1.807, 2.05) is 47.5 Å². The van der Waals surface area contributed by atoms with Crippen LogP contribution in [0.3, 0.4) is 0 Å². The van der Waals surface area contributed by atoms with Gasteiger partial charge >= 0.3 is 0 Å². The van der Waals surface area contributed by atoms with Crippen LogP contribution in [-0.4, -0.2) is 17.4 Å². The van der Waals surface area contributed by atoms with Crippen molar-refractivity contribution in [3.8, 4) is 0 Å². The zero-order chi connectivity index (χ0) is 20.8. The van der Waals surface area contributed by atoms with Crippen molar-refractivity contribution in [2.75, 3.05) is 11.4 Å². The van der Waals surface area contributed by atoms with E-state index >= 15 is 0 Å². The van der Waals surface area contributed by atoms with Crippen LogP contribution < -0.4 is 4.90 Å². The third-order valence-corrected chi connectivity index (χ3v) is 6.25. The molecule has 1 heterocycles. The average Bonchev–Trinajstić information content (AvgIpc) is 3.22. The molecule has 3 aromatic carbocycles. The highest BCUT2D eigenvalue weighted by molar-refractivity contribution is 7.98. The second-order valence-corrected chi connectivity index (χ2v) is 8.38. The molecule has 0 fully saturated rings. The second-order valence-electron chi connectivity index (χ2n) is 7.33. The monoisotopic (exact) mass is 414 g/mol. The highest BCUT2D eigenvalue weighted by atomic mass is 32.2. The maximum atomic E-state index is 13.5. The summed E-state index contributed by atoms with van der Waals surface area (Å²) in [6, 6.07) is 26.7. The number of unbranched alkanes of at least 4 members (excludes halogenated alkanes) is 1. The molecular formula is C26H26N2OS. The maximum absolute atomic E-state index is 13.5. The molecule has 0 spiro atoms. The minimum Gasteiger partial charge on any atom is -0.360 e. The van der Waals surface area contributed by atoms with Gasteiger partial charge in [-0.3, -0.25) is 4.79 Å². The number of rotatable bonds is 8. The Labute approximate surface area is 182 Å². The van der Waals surface area contributed by atoms with Gasteiger partial charge in [0.2, 0.25) is 0 Å². The Hall–Kier alpha value is -2.98. The second kappa shape index (κ2) is 9.68. The van der Waals surface area contributed by atoms with Gasteiger partial charge in [-0.05, 0) is 42.3 Å². The molecule has 3 nitrogen and oxygen atoms in total. The maximum Gasteiger partial charge on any atom is 0.260 e. The molecule has 0 saturated heterocycles. The SMILES string of the molecule is CCCCN(C(=O)c1c[nH]c2ccc(SCc3ccccc3)cc12)c1ccccc1. The fourth-order valence-corrected chi connectivity index (χ4v) is 4.42. The minimum atomic E-state index is 0.0473. The summed E-state index contributed by atoms with van der Waals surface area (Å²) in [5.74, 6) is 0.957. The lowest BCUT2D eigenvalue weighted by atomic mass is 10.1. The Morgan fingerprint density at radius 2 is 1.70 bits per heavy atom. The molecule has 0 bridgehead atoms. The van der Waals surface area contributed by atoms with E-state index in [2.05, 4.69) is 54.4 Å². The molecule has 0 radical (unpaired) electrons. The molecule has 30 heavy (non-hydrogen) atoms. The number of carbonyl (C=O) groups is 1. The number of H-pyrrole nitrogens is 1. The number of amides is 1. The predicted molar refractivity (Wildman–Crippen MR) is 127 cm³/mol. The summed E-state index contributed by atoms with van der Waals surface area (Å²) in [6.07, 6.45) is 3.87. The standard InChI is InChI=1S/C26H26N2OS/c1-2-3-16-28(21-12-8-5-9-13-21)26(29)24-18-27-25-15-14-22(17-23(24)25)30-19-20-10-6-4-7-11-20/h4-15,17-18,27H,2-3,16,19H2,1H3. The molecule has 152 valence electrons. The molecule has 1 N–H and O–H groups in total. The van der Waals surface area contributed by atoms with E-state index in [4.69, 9.17) is 0 Å². The molecule has 4 rings (SSSR count). The quantitative estimate of drug-likeness (QED) is 0.318. The van der Waals surface area contributed by atoms with E-state index in [1.165, 1.54) is 10.5 Å². The van der Waals surface area contributed by atoms with Gasteiger partial charge < -0.3 is 9.88 Å². The van der Waals surface area contributed by atoms with Crippen LogP contribution in [0.4, 0.5) is 5.69 Å². The summed E-state index contributed by atoms with van der Waals surface area (Å²) in [4.78, 5) is 19.9. The van der Waals surface area contributed by atoms with E-state index in [1.54, 1.807) is 11.8 Å². The zero-order valence-corrected chi connectivity index (χ0v) is 18.0. The third-order valence-electron chi connectivity index (χ3n) is 5.18. The molecule has 0 aliphatic rings. The smallest absolute Gasteiger partial charge is 0.260 e. The number of para-hydroxylation sites is 1. The van der Waals surface area contributed by atoms with Crippen molar-refractivity contribution in [1.29, 1.82) is 0 Å². The topological polar surface area (TPSA) is 36.1 Å². The molecule has 1 amide bonds. The number of nitrogens with zero attached hydrogens (tertiary/aromatic N) is 1. The Bertz CT molecular complexity index is 1110. The van der Waals surface area contributed by atoms with Crippen LogP contribution in [0.15, 0.2) is 90.0 Å². The molecule has 4 aromatic rings. The lowest BCUT2D eigenvalue weighted by molar-refractivity contribution is 0.0988. The van der Waals surface area contributed by atoms with Crippen molar-refractivity contribution in [3.63, 3.8) is 0 Å². The highest BCUT2D eigenvalue weighted by Gasteiger charge is 2.20. The molecule has 0 atom stereocenters. The van der Waals surface area contributed by atoms with Crippen molar-refractivity contribution in [3.05, 3.63) is 96.2 Å².